The van der Waals surface area contributed by atoms with E-state index in [0.29, 0.717) is 23.6 Å². The van der Waals surface area contributed by atoms with Crippen LogP contribution in [0.4, 0.5) is 10.5 Å². The highest BCUT2D eigenvalue weighted by Crippen LogP contribution is 2.33. The Kier molecular flexibility index (Phi) is 12.3. The van der Waals surface area contributed by atoms with Crippen molar-refractivity contribution in [3.05, 3.63) is 64.2 Å². The molecular weight excluding hydrogens is 544 g/mol. The zero-order valence-corrected chi connectivity index (χ0v) is 27.5. The van der Waals surface area contributed by atoms with Gasteiger partial charge in [0.2, 0.25) is 11.8 Å². The number of alkyl carbamates (subject to hydrolysis) is 1. The van der Waals surface area contributed by atoms with Crippen LogP contribution in [0.25, 0.3) is 0 Å². The monoisotopic (exact) mass is 594 g/mol. The zero-order valence-electron chi connectivity index (χ0n) is 27.5. The minimum atomic E-state index is -1.34. The number of nitrogens with zero attached hydrogens (tertiary/aromatic N) is 1. The van der Waals surface area contributed by atoms with Crippen LogP contribution in [0.3, 0.4) is 0 Å². The van der Waals surface area contributed by atoms with Crippen LogP contribution in [-0.4, -0.2) is 46.4 Å². The number of anilines is 1. The summed E-state index contributed by atoms with van der Waals surface area (Å²) in [7, 11) is 0. The number of ether oxygens (including phenoxy) is 1. The molecule has 0 aromatic heterocycles. The number of rotatable bonds is 12. The summed E-state index contributed by atoms with van der Waals surface area (Å²) in [5.41, 5.74) is 9.53. The fourth-order valence-electron chi connectivity index (χ4n) is 5.20. The Morgan fingerprint density at radius 1 is 0.860 bits per heavy atom. The van der Waals surface area contributed by atoms with Gasteiger partial charge < -0.3 is 26.0 Å². The van der Waals surface area contributed by atoms with E-state index in [0.717, 1.165) is 28.7 Å². The molecule has 2 aromatic rings. The summed E-state index contributed by atoms with van der Waals surface area (Å²) < 4.78 is 5.40. The molecule has 0 aliphatic carbocycles. The summed E-state index contributed by atoms with van der Waals surface area (Å²) in [6.07, 6.45) is 0.0781. The van der Waals surface area contributed by atoms with Crippen LogP contribution in [-0.2, 0) is 19.1 Å². The van der Waals surface area contributed by atoms with Gasteiger partial charge in [-0.2, -0.15) is 0 Å². The highest BCUT2D eigenvalue weighted by molar-refractivity contribution is 6.01. The first-order valence-electron chi connectivity index (χ1n) is 15.0. The second-order valence-electron chi connectivity index (χ2n) is 12.9. The number of hydrogen-bond donors (Lipinski definition) is 3. The minimum Gasteiger partial charge on any atom is -0.444 e. The average molecular weight is 595 g/mol. The fraction of sp³-hybridized carbons (Fsp3) is 0.529. The SMILES string of the molecule is Cc1cccc(C)c1NC(=O)C(c1c(C)cccc1C)N(C(=O)C(CC(N)=O)NC(=O)OC(C)(C)C)C(C)CCC(C)C. The van der Waals surface area contributed by atoms with Crippen molar-refractivity contribution in [1.82, 2.24) is 10.2 Å². The summed E-state index contributed by atoms with van der Waals surface area (Å²) in [4.78, 5) is 55.5. The lowest BCUT2D eigenvalue weighted by molar-refractivity contribution is -0.144. The molecule has 3 unspecified atom stereocenters. The van der Waals surface area contributed by atoms with Crippen molar-refractivity contribution < 1.29 is 23.9 Å². The van der Waals surface area contributed by atoms with Crippen LogP contribution in [0.1, 0.15) is 94.7 Å². The lowest BCUT2D eigenvalue weighted by Gasteiger charge is -2.39. The molecule has 9 heteroatoms. The Bertz CT molecular complexity index is 1270. The van der Waals surface area contributed by atoms with Crippen molar-refractivity contribution >= 4 is 29.5 Å². The number of primary amides is 1. The van der Waals surface area contributed by atoms with Gasteiger partial charge in [0.05, 0.1) is 6.42 Å². The van der Waals surface area contributed by atoms with Gasteiger partial charge in [-0.3, -0.25) is 14.4 Å². The third-order valence-electron chi connectivity index (χ3n) is 7.36. The molecule has 0 saturated heterocycles. The van der Waals surface area contributed by atoms with E-state index < -0.39 is 54.0 Å². The number of para-hydroxylation sites is 1. The van der Waals surface area contributed by atoms with Gasteiger partial charge in [-0.25, -0.2) is 4.79 Å². The smallest absolute Gasteiger partial charge is 0.408 e. The van der Waals surface area contributed by atoms with Crippen molar-refractivity contribution in [3.63, 3.8) is 0 Å². The van der Waals surface area contributed by atoms with Gasteiger partial charge in [-0.05, 0) is 102 Å². The number of carbonyl (C=O) groups excluding carboxylic acids is 4. The maximum absolute atomic E-state index is 14.6. The Hall–Kier alpha value is -3.88. The standard InChI is InChI=1S/C34H50N4O5/c1-20(2)17-18-25(7)38(32(41)26(19-27(35)39)36-33(42)43-34(8,9)10)30(28-21(3)13-11-14-22(28)4)31(40)37-29-23(5)15-12-16-24(29)6/h11-16,20,25-26,30H,17-19H2,1-10H3,(H2,35,39)(H,36,42)(H,37,40). The Morgan fingerprint density at radius 3 is 1.84 bits per heavy atom. The molecule has 4 amide bonds. The number of nitrogens with one attached hydrogen (secondary N) is 2. The summed E-state index contributed by atoms with van der Waals surface area (Å²) in [6, 6.07) is 8.63. The topological polar surface area (TPSA) is 131 Å². The average Bonchev–Trinajstić information content (AvgIpc) is 2.86. The molecule has 4 N–H and O–H groups in total. The van der Waals surface area contributed by atoms with Gasteiger partial charge in [0.1, 0.15) is 17.7 Å². The van der Waals surface area contributed by atoms with E-state index in [4.69, 9.17) is 10.5 Å². The summed E-state index contributed by atoms with van der Waals surface area (Å²) in [6.45, 7) is 18.8. The molecule has 0 fully saturated rings. The molecule has 3 atom stereocenters. The third-order valence-corrected chi connectivity index (χ3v) is 7.36. The molecule has 236 valence electrons. The Balaban J connectivity index is 2.76. The quantitative estimate of drug-likeness (QED) is 0.277. The van der Waals surface area contributed by atoms with E-state index in [2.05, 4.69) is 24.5 Å². The molecule has 0 spiro atoms. The van der Waals surface area contributed by atoms with Gasteiger partial charge in [0, 0.05) is 11.7 Å². The van der Waals surface area contributed by atoms with Crippen LogP contribution in [0, 0.1) is 33.6 Å². The predicted molar refractivity (Wildman–Crippen MR) is 171 cm³/mol. The lowest BCUT2D eigenvalue weighted by atomic mass is 9.91. The second-order valence-corrected chi connectivity index (χ2v) is 12.9. The van der Waals surface area contributed by atoms with Crippen molar-refractivity contribution in [2.24, 2.45) is 11.7 Å². The van der Waals surface area contributed by atoms with Crippen LogP contribution in [0.2, 0.25) is 0 Å². The third kappa shape index (κ3) is 10.1. The maximum atomic E-state index is 14.6. The Labute approximate surface area is 256 Å². The van der Waals surface area contributed by atoms with E-state index in [1.54, 1.807) is 20.8 Å². The van der Waals surface area contributed by atoms with E-state index in [1.807, 2.05) is 71.0 Å². The summed E-state index contributed by atoms with van der Waals surface area (Å²) in [5, 5.41) is 5.66. The largest absolute Gasteiger partial charge is 0.444 e. The summed E-state index contributed by atoms with van der Waals surface area (Å²) >= 11 is 0. The maximum Gasteiger partial charge on any atom is 0.408 e. The van der Waals surface area contributed by atoms with E-state index >= 15 is 0 Å². The molecule has 2 aromatic carbocycles. The van der Waals surface area contributed by atoms with Gasteiger partial charge in [0.15, 0.2) is 0 Å². The first-order valence-corrected chi connectivity index (χ1v) is 15.0. The van der Waals surface area contributed by atoms with Crippen molar-refractivity contribution in [1.29, 1.82) is 0 Å². The zero-order chi connectivity index (χ0) is 32.6. The highest BCUT2D eigenvalue weighted by Gasteiger charge is 2.40. The molecule has 0 aliphatic rings. The van der Waals surface area contributed by atoms with Crippen LogP contribution >= 0.6 is 0 Å². The van der Waals surface area contributed by atoms with E-state index in [9.17, 15) is 19.2 Å². The molecule has 43 heavy (non-hydrogen) atoms. The molecule has 9 nitrogen and oxygen atoms in total. The minimum absolute atomic E-state index is 0.350. The second kappa shape index (κ2) is 15.0. The fourth-order valence-corrected chi connectivity index (χ4v) is 5.20. The van der Waals surface area contributed by atoms with Crippen molar-refractivity contribution in [2.45, 2.75) is 112 Å². The normalized spacial score (nSPS) is 13.6. The van der Waals surface area contributed by atoms with Gasteiger partial charge in [0.25, 0.3) is 5.91 Å². The highest BCUT2D eigenvalue weighted by atomic mass is 16.6. The van der Waals surface area contributed by atoms with Crippen molar-refractivity contribution in [2.75, 3.05) is 5.32 Å². The molecule has 2 rings (SSSR count). The summed E-state index contributed by atoms with van der Waals surface area (Å²) in [5.74, 6) is -1.41. The van der Waals surface area contributed by atoms with E-state index in [-0.39, 0.29) is 0 Å². The van der Waals surface area contributed by atoms with Crippen molar-refractivity contribution in [3.8, 4) is 0 Å². The molecule has 0 aliphatic heterocycles. The van der Waals surface area contributed by atoms with Crippen LogP contribution < -0.4 is 16.4 Å². The molecule has 0 bridgehead atoms. The molecule has 0 radical (unpaired) electrons. The van der Waals surface area contributed by atoms with Crippen LogP contribution in [0.15, 0.2) is 36.4 Å². The van der Waals surface area contributed by atoms with Crippen LogP contribution in [0.5, 0.6) is 0 Å². The lowest BCUT2D eigenvalue weighted by Crippen LogP contribution is -2.56. The number of amides is 4. The van der Waals surface area contributed by atoms with Gasteiger partial charge in [-0.15, -0.1) is 0 Å². The van der Waals surface area contributed by atoms with Gasteiger partial charge in [-0.1, -0.05) is 50.2 Å². The van der Waals surface area contributed by atoms with Gasteiger partial charge >= 0.3 is 6.09 Å². The molecule has 0 saturated carbocycles. The molecule has 0 heterocycles. The Morgan fingerprint density at radius 2 is 1.37 bits per heavy atom. The number of aryl methyl sites for hydroxylation is 4. The number of benzene rings is 2. The van der Waals surface area contributed by atoms with E-state index in [1.165, 1.54) is 4.90 Å². The molecular formula is C34H50N4O5. The predicted octanol–water partition coefficient (Wildman–Crippen LogP) is 6.02. The first kappa shape index (κ1) is 35.3. The first-order chi connectivity index (χ1) is 19.9. The number of carbonyl (C=O) groups is 4. The number of nitrogens with two attached hydrogens (primary N) is 1. The number of hydrogen-bond acceptors (Lipinski definition) is 5.